The van der Waals surface area contributed by atoms with E-state index in [-0.39, 0.29) is 53.2 Å². The Morgan fingerprint density at radius 3 is 1.90 bits per heavy atom. The van der Waals surface area contributed by atoms with Crippen LogP contribution in [0, 0.1) is 13.8 Å². The van der Waals surface area contributed by atoms with E-state index >= 15 is 0 Å². The molecule has 3 aliphatic rings. The lowest BCUT2D eigenvalue weighted by Gasteiger charge is -2.17. The van der Waals surface area contributed by atoms with Crippen molar-refractivity contribution in [2.45, 2.75) is 67.0 Å². The SMILES string of the molecule is C.CC.CC1(C)OC[C@H](COc2ccc(C=O)cc2Cl)O1.Cc1ccccc1N1C(=O)CSC1=O.Cc1ccccc1N1C(=O)S/C(=C\c2ccc(OC[C@H](O)CO)c(Cl)c2)C1=O. The molecule has 2 atom stereocenters. The summed E-state index contributed by atoms with van der Waals surface area (Å²) in [5.41, 5.74) is 4.20. The van der Waals surface area contributed by atoms with Crippen LogP contribution in [0.1, 0.15) is 62.2 Å². The van der Waals surface area contributed by atoms with Crippen molar-refractivity contribution in [1.29, 1.82) is 0 Å². The van der Waals surface area contributed by atoms with E-state index in [0.717, 1.165) is 40.9 Å². The van der Waals surface area contributed by atoms with Gasteiger partial charge >= 0.3 is 0 Å². The largest absolute Gasteiger partial charge is 0.489 e. The number of aliphatic hydroxyl groups is 2. The van der Waals surface area contributed by atoms with Gasteiger partial charge in [0.1, 0.15) is 43.2 Å². The minimum Gasteiger partial charge on any atom is -0.489 e. The summed E-state index contributed by atoms with van der Waals surface area (Å²) in [6.45, 7) is 11.8. The maximum atomic E-state index is 12.7. The molecule has 17 heteroatoms. The zero-order valence-corrected chi connectivity index (χ0v) is 38.1. The monoisotopic (exact) mass is 942 g/mol. The van der Waals surface area contributed by atoms with Gasteiger partial charge in [0, 0.05) is 5.56 Å². The van der Waals surface area contributed by atoms with Gasteiger partial charge in [-0.2, -0.15) is 0 Å². The van der Waals surface area contributed by atoms with Crippen LogP contribution < -0.4 is 19.3 Å². The average Bonchev–Trinajstić information content (AvgIpc) is 3.88. The summed E-state index contributed by atoms with van der Waals surface area (Å²) in [7, 11) is 0. The fourth-order valence-corrected chi connectivity index (χ4v) is 7.77. The first kappa shape index (κ1) is 52.6. The molecule has 4 aromatic rings. The molecule has 0 saturated carbocycles. The molecule has 0 aromatic heterocycles. The maximum Gasteiger partial charge on any atom is 0.298 e. The normalized spacial score (nSPS) is 17.4. The zero-order chi connectivity index (χ0) is 45.6. The second kappa shape index (κ2) is 25.0. The molecule has 3 aliphatic heterocycles. The number of benzene rings is 4. The molecule has 2 N–H and O–H groups in total. The van der Waals surface area contributed by atoms with E-state index in [4.69, 9.17) is 47.3 Å². The lowest BCUT2D eigenvalue weighted by atomic mass is 10.1. The number of carbonyl (C=O) groups excluding carboxylic acids is 5. The highest BCUT2D eigenvalue weighted by atomic mass is 35.5. The number of hydrogen-bond donors (Lipinski definition) is 2. The Kier molecular flexibility index (Phi) is 20.8. The van der Waals surface area contributed by atoms with Crippen molar-refractivity contribution in [3.05, 3.63) is 122 Å². The van der Waals surface area contributed by atoms with E-state index in [0.29, 0.717) is 57.1 Å². The number of aliphatic hydroxyl groups excluding tert-OH is 2. The van der Waals surface area contributed by atoms with Crippen molar-refractivity contribution >= 4 is 92.8 Å². The number of carbonyl (C=O) groups is 5. The Morgan fingerprint density at radius 1 is 0.841 bits per heavy atom. The summed E-state index contributed by atoms with van der Waals surface area (Å²) in [6, 6.07) is 24.4. The molecule has 63 heavy (non-hydrogen) atoms. The molecular formula is C46H52Cl2N2O11S2. The molecule has 338 valence electrons. The number of aryl methyl sites for hydroxylation is 2. The van der Waals surface area contributed by atoms with Crippen molar-refractivity contribution in [2.75, 3.05) is 42.0 Å². The van der Waals surface area contributed by atoms with Crippen molar-refractivity contribution in [1.82, 2.24) is 0 Å². The van der Waals surface area contributed by atoms with Crippen molar-refractivity contribution in [3.63, 3.8) is 0 Å². The van der Waals surface area contributed by atoms with Gasteiger partial charge in [-0.25, -0.2) is 9.80 Å². The minimum atomic E-state index is -0.996. The molecule has 4 aromatic carbocycles. The number of anilines is 2. The molecular weight excluding hydrogens is 892 g/mol. The molecule has 3 heterocycles. The van der Waals surface area contributed by atoms with E-state index in [2.05, 4.69) is 0 Å². The Balaban J connectivity index is 0.000000260. The van der Waals surface area contributed by atoms with Crippen molar-refractivity contribution in [2.24, 2.45) is 0 Å². The van der Waals surface area contributed by atoms with Crippen LogP contribution in [-0.2, 0) is 19.1 Å². The van der Waals surface area contributed by atoms with Crippen LogP contribution in [-0.4, -0.2) is 89.0 Å². The van der Waals surface area contributed by atoms with E-state index in [9.17, 15) is 29.1 Å². The van der Waals surface area contributed by atoms with Crippen LogP contribution >= 0.6 is 46.7 Å². The van der Waals surface area contributed by atoms with Crippen LogP contribution in [0.25, 0.3) is 6.08 Å². The van der Waals surface area contributed by atoms with Gasteiger partial charge in [0.05, 0.1) is 45.3 Å². The van der Waals surface area contributed by atoms with Crippen LogP contribution in [0.3, 0.4) is 0 Å². The number of rotatable bonds is 11. The molecule has 0 bridgehead atoms. The summed E-state index contributed by atoms with van der Waals surface area (Å²) in [5.74, 6) is 0.0721. The Labute approximate surface area is 386 Å². The number of halogens is 2. The summed E-state index contributed by atoms with van der Waals surface area (Å²) in [6.07, 6.45) is 1.23. The van der Waals surface area contributed by atoms with Crippen LogP contribution in [0.5, 0.6) is 11.5 Å². The fourth-order valence-electron chi connectivity index (χ4n) is 5.74. The number of ether oxygens (including phenoxy) is 4. The summed E-state index contributed by atoms with van der Waals surface area (Å²) in [4.78, 5) is 61.2. The molecule has 13 nitrogen and oxygen atoms in total. The lowest BCUT2D eigenvalue weighted by Crippen LogP contribution is -2.28. The molecule has 0 spiro atoms. The highest BCUT2D eigenvalue weighted by Crippen LogP contribution is 2.38. The van der Waals surface area contributed by atoms with Gasteiger partial charge in [-0.05, 0) is 105 Å². The Morgan fingerprint density at radius 2 is 1.40 bits per heavy atom. The molecule has 3 fully saturated rings. The van der Waals surface area contributed by atoms with Gasteiger partial charge in [0.2, 0.25) is 5.91 Å². The van der Waals surface area contributed by atoms with Crippen molar-refractivity contribution < 1.29 is 53.1 Å². The second-order valence-corrected chi connectivity index (χ2v) is 16.5. The van der Waals surface area contributed by atoms with Gasteiger partial charge < -0.3 is 29.2 Å². The number of imide groups is 2. The van der Waals surface area contributed by atoms with Gasteiger partial charge in [-0.15, -0.1) is 0 Å². The summed E-state index contributed by atoms with van der Waals surface area (Å²) < 4.78 is 21.9. The van der Waals surface area contributed by atoms with Gasteiger partial charge in [0.15, 0.2) is 5.79 Å². The molecule has 3 saturated heterocycles. The Hall–Kier alpha value is -4.71. The summed E-state index contributed by atoms with van der Waals surface area (Å²) >= 11 is 14.1. The smallest absolute Gasteiger partial charge is 0.298 e. The van der Waals surface area contributed by atoms with Gasteiger partial charge in [0.25, 0.3) is 16.4 Å². The first-order chi connectivity index (χ1) is 29.6. The number of nitrogens with zero attached hydrogens (tertiary/aromatic N) is 2. The third-order valence-corrected chi connectivity index (χ3v) is 11.0. The predicted molar refractivity (Wildman–Crippen MR) is 252 cm³/mol. The Bertz CT molecular complexity index is 2260. The number of aldehydes is 1. The number of hydrogen-bond acceptors (Lipinski definition) is 13. The molecule has 4 amide bonds. The number of thioether (sulfide) groups is 2. The van der Waals surface area contributed by atoms with E-state index in [1.165, 1.54) is 9.80 Å². The highest BCUT2D eigenvalue weighted by molar-refractivity contribution is 8.19. The average molecular weight is 944 g/mol. The third kappa shape index (κ3) is 14.7. The van der Waals surface area contributed by atoms with Crippen LogP contribution in [0.15, 0.2) is 89.8 Å². The first-order valence-corrected chi connectivity index (χ1v) is 22.0. The van der Waals surface area contributed by atoms with E-state index in [1.54, 1.807) is 60.7 Å². The third-order valence-electron chi connectivity index (χ3n) is 8.74. The fraction of sp³-hybridized carbons (Fsp3) is 0.326. The van der Waals surface area contributed by atoms with E-state index < -0.39 is 18.5 Å². The van der Waals surface area contributed by atoms with Gasteiger partial charge in [-0.1, -0.05) is 98.7 Å². The first-order valence-electron chi connectivity index (χ1n) is 19.4. The topological polar surface area (TPSA) is 169 Å². The maximum absolute atomic E-state index is 12.7. The molecule has 0 aliphatic carbocycles. The molecule has 7 rings (SSSR count). The number of amides is 4. The number of para-hydroxylation sites is 2. The standard InChI is InChI=1S/C20H18ClNO5S.C13H15ClO4.C10H9NO2S.C2H6.CH4/c1-12-4-2-3-5-16(12)22-19(25)18(28-20(22)26)9-13-6-7-17(15(21)8-13)27-11-14(24)10-23;1-13(2)17-8-10(18-13)7-16-12-4-3-9(6-15)5-11(12)14;1-7-4-2-3-5-8(7)11-9(12)6-14-10(11)13;1-2;/h2-9,14,23-24H,10-11H2,1H3;3-6,10H,7-8H2,1-2H3;2-5H,6H2,1H3;1-2H3;1H4/b18-9-;;;;/t14-;10-;;;/m10.../s1. The van der Waals surface area contributed by atoms with Gasteiger partial charge in [-0.3, -0.25) is 24.0 Å². The van der Waals surface area contributed by atoms with Crippen LogP contribution in [0.4, 0.5) is 21.0 Å². The van der Waals surface area contributed by atoms with E-state index in [1.807, 2.05) is 71.9 Å². The van der Waals surface area contributed by atoms with Crippen LogP contribution in [0.2, 0.25) is 10.0 Å². The molecule has 0 radical (unpaired) electrons. The summed E-state index contributed by atoms with van der Waals surface area (Å²) in [5, 5.41) is 18.3. The van der Waals surface area contributed by atoms with Crippen molar-refractivity contribution in [3.8, 4) is 11.5 Å². The predicted octanol–water partition coefficient (Wildman–Crippen LogP) is 10.2. The second-order valence-electron chi connectivity index (χ2n) is 13.8. The minimum absolute atomic E-state index is 0. The zero-order valence-electron chi connectivity index (χ0n) is 35.0. The molecule has 0 unspecified atom stereocenters. The lowest BCUT2D eigenvalue weighted by molar-refractivity contribution is -0.141. The quantitative estimate of drug-likeness (QED) is 0.108. The highest BCUT2D eigenvalue weighted by Gasteiger charge is 2.37.